The van der Waals surface area contributed by atoms with E-state index in [0.717, 1.165) is 107 Å². The molecule has 294 valence electrons. The molecule has 57 heavy (non-hydrogen) atoms. The maximum Gasteiger partial charge on any atom is 0.262 e. The molecule has 9 rings (SSSR count). The third-order valence-electron chi connectivity index (χ3n) is 12.7. The molecule has 1 aromatic heterocycles. The normalized spacial score (nSPS) is 22.6. The molecular formula is C42H44ClN9O5. The van der Waals surface area contributed by atoms with E-state index in [1.165, 1.54) is 0 Å². The molecule has 0 bridgehead atoms. The second-order valence-corrected chi connectivity index (χ2v) is 16.9. The number of fused-ring (bicyclic) bond motifs is 1. The molecule has 6 aliphatic heterocycles. The molecule has 1 atom stereocenters. The van der Waals surface area contributed by atoms with Gasteiger partial charge >= 0.3 is 0 Å². The Bertz CT molecular complexity index is 2180. The number of nitrogens with zero attached hydrogens (tertiary/aromatic N) is 7. The molecular weight excluding hydrogens is 746 g/mol. The van der Waals surface area contributed by atoms with Gasteiger partial charge in [-0.05, 0) is 80.5 Å². The Balaban J connectivity index is 0.693. The lowest BCUT2D eigenvalue weighted by atomic mass is 9.72. The maximum atomic E-state index is 13.3. The van der Waals surface area contributed by atoms with Crippen LogP contribution in [0.5, 0.6) is 0 Å². The van der Waals surface area contributed by atoms with Crippen LogP contribution in [-0.2, 0) is 14.4 Å². The van der Waals surface area contributed by atoms with Gasteiger partial charge in [-0.15, -0.1) is 0 Å². The Labute approximate surface area is 335 Å². The summed E-state index contributed by atoms with van der Waals surface area (Å²) in [5, 5.41) is 5.71. The first kappa shape index (κ1) is 37.1. The van der Waals surface area contributed by atoms with E-state index in [9.17, 15) is 24.0 Å². The number of rotatable bonds is 8. The summed E-state index contributed by atoms with van der Waals surface area (Å²) in [6.45, 7) is 15.6. The molecule has 2 N–H and O–H groups in total. The minimum Gasteiger partial charge on any atom is -0.372 e. The lowest BCUT2D eigenvalue weighted by Gasteiger charge is -2.61. The molecule has 5 fully saturated rings. The number of carbonyl (C=O) groups excluding carboxylic acids is 5. The maximum absolute atomic E-state index is 13.3. The smallest absolute Gasteiger partial charge is 0.262 e. The SMILES string of the molecule is [C-]#[N+]c1ccc(N2CCC(C(=O)Nc3ccc(N4CCC(CN5CC6(C5)CN(c5ccc7c(c5)C(=O)N(C5CCC(=O)NC5=O)C7=O)C6)CC4)cn3)CC2)cc1Cl. The van der Waals surface area contributed by atoms with Crippen molar-refractivity contribution in [1.29, 1.82) is 0 Å². The van der Waals surface area contributed by atoms with Gasteiger partial charge in [0.1, 0.15) is 11.9 Å². The minimum absolute atomic E-state index is 0.00279. The molecule has 3 aromatic rings. The molecule has 5 amide bonds. The molecule has 5 saturated heterocycles. The Hall–Kier alpha value is -5.52. The van der Waals surface area contributed by atoms with Crippen molar-refractivity contribution in [3.05, 3.63) is 82.3 Å². The molecule has 15 heteroatoms. The van der Waals surface area contributed by atoms with Crippen molar-refractivity contribution < 1.29 is 24.0 Å². The third kappa shape index (κ3) is 7.08. The molecule has 6 aliphatic rings. The zero-order valence-corrected chi connectivity index (χ0v) is 32.3. The fourth-order valence-electron chi connectivity index (χ4n) is 9.63. The topological polar surface area (TPSA) is 143 Å². The van der Waals surface area contributed by atoms with Gasteiger partial charge in [-0.1, -0.05) is 17.7 Å². The monoisotopic (exact) mass is 789 g/mol. The van der Waals surface area contributed by atoms with Crippen molar-refractivity contribution >= 4 is 69.7 Å². The highest BCUT2D eigenvalue weighted by molar-refractivity contribution is 6.33. The molecule has 0 radical (unpaired) electrons. The lowest BCUT2D eigenvalue weighted by molar-refractivity contribution is -0.136. The number of benzene rings is 2. The average molecular weight is 790 g/mol. The van der Waals surface area contributed by atoms with Gasteiger partial charge < -0.3 is 24.9 Å². The van der Waals surface area contributed by atoms with Crippen LogP contribution in [-0.4, -0.2) is 109 Å². The summed E-state index contributed by atoms with van der Waals surface area (Å²) in [4.78, 5) is 81.9. The van der Waals surface area contributed by atoms with Gasteiger partial charge in [0.15, 0.2) is 0 Å². The van der Waals surface area contributed by atoms with Crippen molar-refractivity contribution in [2.45, 2.75) is 44.6 Å². The van der Waals surface area contributed by atoms with Gasteiger partial charge in [-0.25, -0.2) is 9.83 Å². The zero-order chi connectivity index (χ0) is 39.4. The van der Waals surface area contributed by atoms with Crippen molar-refractivity contribution in [2.75, 3.05) is 78.9 Å². The number of imide groups is 2. The number of likely N-dealkylation sites (tertiary alicyclic amines) is 1. The van der Waals surface area contributed by atoms with E-state index < -0.39 is 23.8 Å². The highest BCUT2D eigenvalue weighted by Gasteiger charge is 2.52. The van der Waals surface area contributed by atoms with Crippen LogP contribution in [0.1, 0.15) is 59.2 Å². The van der Waals surface area contributed by atoms with Crippen LogP contribution < -0.4 is 25.3 Å². The van der Waals surface area contributed by atoms with E-state index in [2.05, 4.69) is 40.1 Å². The number of halogens is 1. The van der Waals surface area contributed by atoms with Crippen molar-refractivity contribution in [3.63, 3.8) is 0 Å². The third-order valence-corrected chi connectivity index (χ3v) is 13.0. The summed E-state index contributed by atoms with van der Waals surface area (Å²) in [6, 6.07) is 13.8. The average Bonchev–Trinajstić information content (AvgIpc) is 3.43. The number of amides is 5. The van der Waals surface area contributed by atoms with Gasteiger partial charge in [0, 0.05) is 93.1 Å². The molecule has 2 aromatic carbocycles. The minimum atomic E-state index is -0.963. The lowest BCUT2D eigenvalue weighted by Crippen LogP contribution is -2.72. The summed E-state index contributed by atoms with van der Waals surface area (Å²) in [5.74, 6) is -0.830. The second kappa shape index (κ2) is 14.8. The predicted molar refractivity (Wildman–Crippen MR) is 215 cm³/mol. The quantitative estimate of drug-likeness (QED) is 0.246. The Morgan fingerprint density at radius 3 is 2.18 bits per heavy atom. The zero-order valence-electron chi connectivity index (χ0n) is 31.6. The molecule has 1 spiro atoms. The summed E-state index contributed by atoms with van der Waals surface area (Å²) in [6.07, 6.45) is 5.79. The summed E-state index contributed by atoms with van der Waals surface area (Å²) < 4.78 is 0. The fraction of sp³-hybridized carbons (Fsp3) is 0.452. The summed E-state index contributed by atoms with van der Waals surface area (Å²) >= 11 is 6.24. The molecule has 1 unspecified atom stereocenters. The van der Waals surface area contributed by atoms with Crippen LogP contribution in [0.25, 0.3) is 4.85 Å². The highest BCUT2D eigenvalue weighted by Crippen LogP contribution is 2.44. The standard InChI is InChI=1S/C42H44ClN9O5/c1-44-34-6-3-29(19-33(34)43)49-16-12-27(13-17-49)38(54)46-36-8-4-30(20-45-36)50-14-10-26(11-15-50)21-48-22-42(23-48)24-51(25-42)28-2-5-31-32(18-28)41(57)52(40(31)56)35-7-9-37(53)47-39(35)55/h2-6,8,18-20,26-27,35H,7,9-17,21-25H2,(H,45,46,54)(H,47,53,55). The van der Waals surface area contributed by atoms with Crippen LogP contribution in [0, 0.1) is 23.8 Å². The van der Waals surface area contributed by atoms with Crippen molar-refractivity contribution in [1.82, 2.24) is 20.1 Å². The first-order valence-electron chi connectivity index (χ1n) is 19.8. The van der Waals surface area contributed by atoms with E-state index in [-0.39, 0.29) is 36.0 Å². The van der Waals surface area contributed by atoms with Crippen LogP contribution in [0.15, 0.2) is 54.7 Å². The van der Waals surface area contributed by atoms with E-state index in [4.69, 9.17) is 18.2 Å². The van der Waals surface area contributed by atoms with Crippen LogP contribution in [0.2, 0.25) is 5.02 Å². The molecule has 0 saturated carbocycles. The number of nitrogens with one attached hydrogen (secondary N) is 2. The van der Waals surface area contributed by atoms with Gasteiger partial charge in [0.2, 0.25) is 23.4 Å². The number of pyridine rings is 1. The molecule has 7 heterocycles. The second-order valence-electron chi connectivity index (χ2n) is 16.5. The fourth-order valence-corrected chi connectivity index (χ4v) is 9.85. The number of carbonyl (C=O) groups is 5. The first-order valence-corrected chi connectivity index (χ1v) is 20.2. The van der Waals surface area contributed by atoms with Gasteiger partial charge in [-0.2, -0.15) is 0 Å². The highest BCUT2D eigenvalue weighted by atomic mass is 35.5. The van der Waals surface area contributed by atoms with Crippen LogP contribution >= 0.6 is 11.6 Å². The molecule has 0 aliphatic carbocycles. The summed E-state index contributed by atoms with van der Waals surface area (Å²) in [7, 11) is 0. The predicted octanol–water partition coefficient (Wildman–Crippen LogP) is 4.58. The van der Waals surface area contributed by atoms with Gasteiger partial charge in [-0.3, -0.25) is 34.2 Å². The van der Waals surface area contributed by atoms with Crippen molar-refractivity contribution in [2.24, 2.45) is 17.3 Å². The number of hydrogen-bond acceptors (Lipinski definition) is 10. The largest absolute Gasteiger partial charge is 0.372 e. The van der Waals surface area contributed by atoms with E-state index in [1.807, 2.05) is 36.5 Å². The van der Waals surface area contributed by atoms with Gasteiger partial charge in [0.05, 0.1) is 29.6 Å². The molecule has 14 nitrogen and oxygen atoms in total. The van der Waals surface area contributed by atoms with E-state index >= 15 is 0 Å². The Kier molecular flexibility index (Phi) is 9.61. The number of hydrogen-bond donors (Lipinski definition) is 2. The van der Waals surface area contributed by atoms with Gasteiger partial charge in [0.25, 0.3) is 11.8 Å². The number of anilines is 4. The van der Waals surface area contributed by atoms with E-state index in [1.54, 1.807) is 18.2 Å². The van der Waals surface area contributed by atoms with Crippen LogP contribution in [0.4, 0.5) is 28.6 Å². The number of piperidine rings is 3. The Morgan fingerprint density at radius 1 is 0.825 bits per heavy atom. The number of aromatic nitrogens is 1. The van der Waals surface area contributed by atoms with Crippen molar-refractivity contribution in [3.8, 4) is 0 Å². The summed E-state index contributed by atoms with van der Waals surface area (Å²) in [5.41, 5.74) is 4.27. The van der Waals surface area contributed by atoms with Crippen LogP contribution in [0.3, 0.4) is 0 Å². The van der Waals surface area contributed by atoms with E-state index in [0.29, 0.717) is 33.6 Å². The first-order chi connectivity index (χ1) is 27.6. The Morgan fingerprint density at radius 2 is 1.49 bits per heavy atom.